The quantitative estimate of drug-likeness (QED) is 0.315. The largest absolute Gasteiger partial charge is 0.357 e. The zero-order valence-electron chi connectivity index (χ0n) is 16.9. The second-order valence-electron chi connectivity index (χ2n) is 6.74. The van der Waals surface area contributed by atoms with E-state index in [1.165, 1.54) is 0 Å². The molecule has 158 valence electrons. The van der Waals surface area contributed by atoms with Gasteiger partial charge in [-0.25, -0.2) is 15.0 Å². The highest BCUT2D eigenvalue weighted by atomic mass is 127. The van der Waals surface area contributed by atoms with Gasteiger partial charge in [0.15, 0.2) is 11.7 Å². The van der Waals surface area contributed by atoms with Gasteiger partial charge in [0.05, 0.1) is 6.54 Å². The summed E-state index contributed by atoms with van der Waals surface area (Å²) in [5.74, 6) is 2.44. The van der Waals surface area contributed by atoms with Gasteiger partial charge < -0.3 is 19.6 Å². The standard InChI is InChI=1S/C21H25N7O.HI/c1-2-22-20(27-11-13-28(14-12-27)21-23-9-6-10-24-21)25-16-18-15-19(29-26-18)17-7-4-3-5-8-17;/h3-10,15H,2,11-14,16H2,1H3,(H,22,25);1H. The summed E-state index contributed by atoms with van der Waals surface area (Å²) >= 11 is 0. The maximum atomic E-state index is 5.48. The third kappa shape index (κ3) is 5.47. The first-order chi connectivity index (χ1) is 14.3. The van der Waals surface area contributed by atoms with Crippen molar-refractivity contribution < 1.29 is 4.52 Å². The zero-order chi connectivity index (χ0) is 19.9. The number of aliphatic imine (C=N–C) groups is 1. The number of hydrogen-bond donors (Lipinski definition) is 1. The van der Waals surface area contributed by atoms with E-state index >= 15 is 0 Å². The summed E-state index contributed by atoms with van der Waals surface area (Å²) in [5, 5.41) is 7.55. The van der Waals surface area contributed by atoms with E-state index in [1.54, 1.807) is 12.4 Å². The molecule has 1 saturated heterocycles. The van der Waals surface area contributed by atoms with E-state index in [9.17, 15) is 0 Å². The maximum absolute atomic E-state index is 5.48. The Balaban J connectivity index is 0.00000256. The molecule has 0 amide bonds. The van der Waals surface area contributed by atoms with Gasteiger partial charge in [-0.05, 0) is 13.0 Å². The first kappa shape index (κ1) is 22.0. The van der Waals surface area contributed by atoms with Crippen molar-refractivity contribution in [2.45, 2.75) is 13.5 Å². The van der Waals surface area contributed by atoms with E-state index < -0.39 is 0 Å². The van der Waals surface area contributed by atoms with Crippen LogP contribution in [0.2, 0.25) is 0 Å². The zero-order valence-corrected chi connectivity index (χ0v) is 19.3. The fourth-order valence-corrected chi connectivity index (χ4v) is 3.28. The van der Waals surface area contributed by atoms with Gasteiger partial charge in [0, 0.05) is 56.7 Å². The average Bonchev–Trinajstić information content (AvgIpc) is 3.27. The number of piperazine rings is 1. The van der Waals surface area contributed by atoms with Crippen LogP contribution < -0.4 is 10.2 Å². The van der Waals surface area contributed by atoms with Crippen molar-refractivity contribution >= 4 is 35.9 Å². The van der Waals surface area contributed by atoms with Crippen LogP contribution in [0.5, 0.6) is 0 Å². The van der Waals surface area contributed by atoms with Crippen LogP contribution in [0.4, 0.5) is 5.95 Å². The lowest BCUT2D eigenvalue weighted by Gasteiger charge is -2.36. The fourth-order valence-electron chi connectivity index (χ4n) is 3.28. The number of benzene rings is 1. The Hall–Kier alpha value is -2.69. The summed E-state index contributed by atoms with van der Waals surface area (Å²) in [6, 6.07) is 13.8. The molecular weight excluding hydrogens is 493 g/mol. The van der Waals surface area contributed by atoms with Crippen LogP contribution in [-0.4, -0.2) is 58.7 Å². The van der Waals surface area contributed by atoms with E-state index in [-0.39, 0.29) is 24.0 Å². The molecule has 1 aromatic carbocycles. The van der Waals surface area contributed by atoms with Gasteiger partial charge in [0.1, 0.15) is 5.69 Å². The minimum absolute atomic E-state index is 0. The predicted octanol–water partition coefficient (Wildman–Crippen LogP) is 3.04. The van der Waals surface area contributed by atoms with Crippen LogP contribution >= 0.6 is 24.0 Å². The highest BCUT2D eigenvalue weighted by Gasteiger charge is 2.21. The molecule has 30 heavy (non-hydrogen) atoms. The lowest BCUT2D eigenvalue weighted by Crippen LogP contribution is -2.53. The maximum Gasteiger partial charge on any atom is 0.225 e. The van der Waals surface area contributed by atoms with Gasteiger partial charge >= 0.3 is 0 Å². The van der Waals surface area contributed by atoms with Crippen molar-refractivity contribution in [2.75, 3.05) is 37.6 Å². The number of aromatic nitrogens is 3. The van der Waals surface area contributed by atoms with Crippen LogP contribution in [-0.2, 0) is 6.54 Å². The average molecular weight is 519 g/mol. The van der Waals surface area contributed by atoms with Gasteiger partial charge in [-0.2, -0.15) is 0 Å². The predicted molar refractivity (Wildman–Crippen MR) is 128 cm³/mol. The van der Waals surface area contributed by atoms with Crippen LogP contribution in [0, 0.1) is 0 Å². The molecular formula is C21H26IN7O. The molecule has 3 aromatic rings. The van der Waals surface area contributed by atoms with Crippen molar-refractivity contribution in [2.24, 2.45) is 4.99 Å². The highest BCUT2D eigenvalue weighted by molar-refractivity contribution is 14.0. The summed E-state index contributed by atoms with van der Waals surface area (Å²) < 4.78 is 5.48. The van der Waals surface area contributed by atoms with Crippen LogP contribution in [0.1, 0.15) is 12.6 Å². The van der Waals surface area contributed by atoms with Crippen molar-refractivity contribution in [3.05, 3.63) is 60.6 Å². The van der Waals surface area contributed by atoms with E-state index in [2.05, 4.69) is 37.2 Å². The van der Waals surface area contributed by atoms with Crippen molar-refractivity contribution in [3.63, 3.8) is 0 Å². The second kappa shape index (κ2) is 10.9. The highest BCUT2D eigenvalue weighted by Crippen LogP contribution is 2.20. The summed E-state index contributed by atoms with van der Waals surface area (Å²) in [4.78, 5) is 17.9. The lowest BCUT2D eigenvalue weighted by atomic mass is 10.2. The Morgan fingerprint density at radius 1 is 1.07 bits per heavy atom. The first-order valence-corrected chi connectivity index (χ1v) is 9.89. The van der Waals surface area contributed by atoms with Crippen LogP contribution in [0.25, 0.3) is 11.3 Å². The molecule has 0 spiro atoms. The van der Waals surface area contributed by atoms with Crippen LogP contribution in [0.3, 0.4) is 0 Å². The molecule has 4 rings (SSSR count). The van der Waals surface area contributed by atoms with Gasteiger partial charge in [-0.1, -0.05) is 35.5 Å². The number of halogens is 1. The number of anilines is 1. The molecule has 0 bridgehead atoms. The molecule has 2 aromatic heterocycles. The smallest absolute Gasteiger partial charge is 0.225 e. The number of hydrogen-bond acceptors (Lipinski definition) is 6. The Kier molecular flexibility index (Phi) is 8.00. The van der Waals surface area contributed by atoms with Gasteiger partial charge in [-0.3, -0.25) is 0 Å². The minimum Gasteiger partial charge on any atom is -0.357 e. The molecule has 0 saturated carbocycles. The Bertz CT molecular complexity index is 925. The molecule has 0 atom stereocenters. The Labute approximate surface area is 193 Å². The van der Waals surface area contributed by atoms with Crippen molar-refractivity contribution in [3.8, 4) is 11.3 Å². The second-order valence-corrected chi connectivity index (χ2v) is 6.74. The topological polar surface area (TPSA) is 82.7 Å². The molecule has 9 heteroatoms. The Morgan fingerprint density at radius 2 is 1.80 bits per heavy atom. The van der Waals surface area contributed by atoms with Crippen molar-refractivity contribution in [1.29, 1.82) is 0 Å². The van der Waals surface area contributed by atoms with E-state index in [1.807, 2.05) is 42.5 Å². The monoisotopic (exact) mass is 519 g/mol. The summed E-state index contributed by atoms with van der Waals surface area (Å²) in [7, 11) is 0. The molecule has 0 aliphatic carbocycles. The number of rotatable bonds is 5. The molecule has 1 aliphatic rings. The molecule has 0 radical (unpaired) electrons. The summed E-state index contributed by atoms with van der Waals surface area (Å²) in [6.07, 6.45) is 3.56. The summed E-state index contributed by atoms with van der Waals surface area (Å²) in [5.41, 5.74) is 1.83. The van der Waals surface area contributed by atoms with E-state index in [4.69, 9.17) is 9.52 Å². The molecule has 1 N–H and O–H groups in total. The first-order valence-electron chi connectivity index (χ1n) is 9.89. The normalized spacial score (nSPS) is 14.4. The van der Waals surface area contributed by atoms with Crippen LogP contribution in [0.15, 0.2) is 64.4 Å². The molecule has 8 nitrogen and oxygen atoms in total. The lowest BCUT2D eigenvalue weighted by molar-refractivity contribution is 0.369. The fraction of sp³-hybridized carbons (Fsp3) is 0.333. The van der Waals surface area contributed by atoms with Crippen molar-refractivity contribution in [1.82, 2.24) is 25.3 Å². The van der Waals surface area contributed by atoms with Gasteiger partial charge in [0.25, 0.3) is 0 Å². The minimum atomic E-state index is 0. The Morgan fingerprint density at radius 3 is 2.50 bits per heavy atom. The third-order valence-corrected chi connectivity index (χ3v) is 4.76. The molecule has 0 unspecified atom stereocenters. The molecule has 1 aliphatic heterocycles. The number of nitrogens with one attached hydrogen (secondary N) is 1. The van der Waals surface area contributed by atoms with E-state index in [0.717, 1.165) is 61.6 Å². The summed E-state index contributed by atoms with van der Waals surface area (Å²) in [6.45, 7) is 6.80. The molecule has 1 fully saturated rings. The number of nitrogens with zero attached hydrogens (tertiary/aromatic N) is 6. The van der Waals surface area contributed by atoms with Gasteiger partial charge in [-0.15, -0.1) is 24.0 Å². The SMILES string of the molecule is CCNC(=NCc1cc(-c2ccccc2)on1)N1CCN(c2ncccn2)CC1.I. The molecule has 3 heterocycles. The third-order valence-electron chi connectivity index (χ3n) is 4.76. The van der Waals surface area contributed by atoms with E-state index in [0.29, 0.717) is 6.54 Å². The number of guanidine groups is 1. The van der Waals surface area contributed by atoms with Gasteiger partial charge in [0.2, 0.25) is 5.95 Å².